The smallest absolute Gasteiger partial charge is 0.355 e. The van der Waals surface area contributed by atoms with Crippen molar-refractivity contribution in [3.63, 3.8) is 0 Å². The summed E-state index contributed by atoms with van der Waals surface area (Å²) in [4.78, 5) is 10.8. The minimum absolute atomic E-state index is 0.0115. The maximum atomic E-state index is 13.3. The Bertz CT molecular complexity index is 1080. The number of fused-ring (bicyclic) bond motifs is 1. The van der Waals surface area contributed by atoms with Crippen LogP contribution in [0.3, 0.4) is 0 Å². The predicted octanol–water partition coefficient (Wildman–Crippen LogP) is 3.81. The van der Waals surface area contributed by atoms with Crippen molar-refractivity contribution in [2.45, 2.75) is 37.9 Å². The summed E-state index contributed by atoms with van der Waals surface area (Å²) < 4.78 is 47.9. The molecule has 2 aromatic carbocycles. The molecule has 0 unspecified atom stereocenters. The molecule has 2 aromatic rings. The first kappa shape index (κ1) is 23.2. The van der Waals surface area contributed by atoms with E-state index in [0.717, 1.165) is 0 Å². The van der Waals surface area contributed by atoms with E-state index in [4.69, 9.17) is 14.2 Å². The van der Waals surface area contributed by atoms with Crippen LogP contribution in [0.5, 0.6) is 0 Å². The minimum Gasteiger partial charge on any atom is -0.363 e. The Labute approximate surface area is 169 Å². The molecule has 0 saturated carbocycles. The van der Waals surface area contributed by atoms with Crippen LogP contribution in [-0.2, 0) is 23.6 Å². The van der Waals surface area contributed by atoms with Gasteiger partial charge in [-0.2, -0.15) is 0 Å². The maximum Gasteiger partial charge on any atom is 0.355 e. The van der Waals surface area contributed by atoms with E-state index in [1.165, 1.54) is 44.2 Å². The lowest BCUT2D eigenvalue weighted by Crippen LogP contribution is -2.33. The number of rotatable bonds is 9. The molecule has 0 heterocycles. The quantitative estimate of drug-likeness (QED) is 0.336. The highest BCUT2D eigenvalue weighted by Crippen LogP contribution is 2.60. The molecular weight excluding hydrogens is 421 g/mol. The molecule has 29 heavy (non-hydrogen) atoms. The van der Waals surface area contributed by atoms with Crippen molar-refractivity contribution in [3.05, 3.63) is 40.4 Å². The fourth-order valence-corrected chi connectivity index (χ4v) is 5.32. The van der Waals surface area contributed by atoms with Crippen LogP contribution in [0.1, 0.15) is 27.7 Å². The second-order valence-electron chi connectivity index (χ2n) is 6.63. The second kappa shape index (κ2) is 8.37. The van der Waals surface area contributed by atoms with E-state index in [9.17, 15) is 23.1 Å². The maximum absolute atomic E-state index is 13.3. The van der Waals surface area contributed by atoms with Crippen molar-refractivity contribution in [1.82, 2.24) is 0 Å². The average Bonchev–Trinajstić information content (AvgIpc) is 2.60. The van der Waals surface area contributed by atoms with E-state index >= 15 is 0 Å². The fourth-order valence-electron chi connectivity index (χ4n) is 2.92. The number of hydrogen-bond donors (Lipinski definition) is 2. The van der Waals surface area contributed by atoms with Gasteiger partial charge in [-0.3, -0.25) is 14.7 Å². The Morgan fingerprint density at radius 1 is 1.14 bits per heavy atom. The van der Waals surface area contributed by atoms with Crippen molar-refractivity contribution in [2.75, 3.05) is 18.5 Å². The van der Waals surface area contributed by atoms with Gasteiger partial charge in [0.2, 0.25) is 10.0 Å². The molecule has 2 rings (SSSR count). The SMILES string of the molecule is CCOP(=O)(OCC)C(C)(C)Nc1c([N+](=O)[O-])ccc2c(S(N)(=O)=O)cccc12. The zero-order valence-electron chi connectivity index (χ0n) is 16.5. The van der Waals surface area contributed by atoms with Crippen molar-refractivity contribution in [1.29, 1.82) is 0 Å². The zero-order chi connectivity index (χ0) is 22.0. The first-order valence-electron chi connectivity index (χ1n) is 8.78. The number of nitro groups is 1. The Kier molecular flexibility index (Phi) is 6.71. The van der Waals surface area contributed by atoms with E-state index in [0.29, 0.717) is 0 Å². The van der Waals surface area contributed by atoms with E-state index in [1.807, 2.05) is 0 Å². The second-order valence-corrected chi connectivity index (χ2v) is 10.8. The summed E-state index contributed by atoms with van der Waals surface area (Å²) in [6.07, 6.45) is 0. The summed E-state index contributed by atoms with van der Waals surface area (Å²) >= 11 is 0. The summed E-state index contributed by atoms with van der Waals surface area (Å²) in [6.45, 7) is 6.59. The molecule has 0 saturated heterocycles. The molecular formula is C17H24N3O7PS. The van der Waals surface area contributed by atoms with Crippen LogP contribution in [0.4, 0.5) is 11.4 Å². The van der Waals surface area contributed by atoms with Crippen LogP contribution in [0, 0.1) is 10.1 Å². The van der Waals surface area contributed by atoms with Crippen LogP contribution < -0.4 is 10.5 Å². The number of primary sulfonamides is 1. The topological polar surface area (TPSA) is 151 Å². The van der Waals surface area contributed by atoms with Gasteiger partial charge in [0, 0.05) is 16.8 Å². The fraction of sp³-hybridized carbons (Fsp3) is 0.412. The molecule has 0 aromatic heterocycles. The lowest BCUT2D eigenvalue weighted by molar-refractivity contribution is -0.383. The van der Waals surface area contributed by atoms with Gasteiger partial charge < -0.3 is 14.4 Å². The van der Waals surface area contributed by atoms with E-state index < -0.39 is 27.8 Å². The number of hydrogen-bond acceptors (Lipinski definition) is 8. The first-order valence-corrected chi connectivity index (χ1v) is 11.9. The van der Waals surface area contributed by atoms with Crippen molar-refractivity contribution in [2.24, 2.45) is 5.14 Å². The Morgan fingerprint density at radius 3 is 2.21 bits per heavy atom. The molecule has 0 atom stereocenters. The summed E-state index contributed by atoms with van der Waals surface area (Å²) in [7, 11) is -7.81. The first-order chi connectivity index (χ1) is 13.4. The highest BCUT2D eigenvalue weighted by Gasteiger charge is 2.44. The van der Waals surface area contributed by atoms with E-state index in [1.54, 1.807) is 13.8 Å². The number of sulfonamides is 1. The lowest BCUT2D eigenvalue weighted by Gasteiger charge is -2.34. The van der Waals surface area contributed by atoms with Crippen LogP contribution in [-0.4, -0.2) is 31.8 Å². The summed E-state index contributed by atoms with van der Waals surface area (Å²) in [5.74, 6) is 0. The number of benzene rings is 2. The standard InChI is InChI=1S/C17H24N3O7PS/c1-5-26-28(23,27-6-2)17(3,4)19-16-13-8-7-9-15(29(18,24)25)12(13)10-11-14(16)20(21)22/h7-11,19H,5-6H2,1-4H3,(H2,18,24,25). The molecule has 12 heteroatoms. The minimum atomic E-state index is -4.07. The van der Waals surface area contributed by atoms with Gasteiger partial charge in [0.1, 0.15) is 11.0 Å². The molecule has 0 fully saturated rings. The Balaban J connectivity index is 2.77. The third kappa shape index (κ3) is 4.59. The molecule has 0 radical (unpaired) electrons. The monoisotopic (exact) mass is 445 g/mol. The number of anilines is 1. The van der Waals surface area contributed by atoms with Gasteiger partial charge in [-0.15, -0.1) is 0 Å². The lowest BCUT2D eigenvalue weighted by atomic mass is 10.1. The molecule has 0 bridgehead atoms. The molecule has 0 aliphatic rings. The summed E-state index contributed by atoms with van der Waals surface area (Å²) in [5.41, 5.74) is -0.334. The summed E-state index contributed by atoms with van der Waals surface area (Å²) in [6, 6.07) is 6.73. The number of nitrogens with zero attached hydrogens (tertiary/aromatic N) is 1. The highest BCUT2D eigenvalue weighted by atomic mass is 32.2. The van der Waals surface area contributed by atoms with Gasteiger partial charge in [0.15, 0.2) is 0 Å². The molecule has 3 N–H and O–H groups in total. The van der Waals surface area contributed by atoms with Crippen LogP contribution >= 0.6 is 7.60 Å². The Hall–Kier alpha value is -2.04. The van der Waals surface area contributed by atoms with Gasteiger partial charge in [-0.25, -0.2) is 13.6 Å². The van der Waals surface area contributed by atoms with Crippen LogP contribution in [0.25, 0.3) is 10.8 Å². The molecule has 10 nitrogen and oxygen atoms in total. The number of nitro benzene ring substituents is 1. The van der Waals surface area contributed by atoms with Crippen molar-refractivity contribution < 1.29 is 27.0 Å². The normalized spacial score (nSPS) is 12.9. The Morgan fingerprint density at radius 2 is 1.72 bits per heavy atom. The van der Waals surface area contributed by atoms with Gasteiger partial charge in [0.25, 0.3) is 5.69 Å². The molecule has 0 aliphatic carbocycles. The number of nitrogens with one attached hydrogen (secondary N) is 1. The predicted molar refractivity (Wildman–Crippen MR) is 111 cm³/mol. The average molecular weight is 445 g/mol. The van der Waals surface area contributed by atoms with Gasteiger partial charge in [-0.1, -0.05) is 12.1 Å². The van der Waals surface area contributed by atoms with Crippen molar-refractivity contribution >= 4 is 39.8 Å². The number of nitrogens with two attached hydrogens (primary N) is 1. The molecule has 0 aliphatic heterocycles. The van der Waals surface area contributed by atoms with Gasteiger partial charge in [-0.05, 0) is 39.8 Å². The van der Waals surface area contributed by atoms with Crippen LogP contribution in [0.15, 0.2) is 35.2 Å². The molecule has 0 spiro atoms. The van der Waals surface area contributed by atoms with Crippen molar-refractivity contribution in [3.8, 4) is 0 Å². The third-order valence-electron chi connectivity index (χ3n) is 4.22. The van der Waals surface area contributed by atoms with E-state index in [-0.39, 0.29) is 40.3 Å². The van der Waals surface area contributed by atoms with Gasteiger partial charge >= 0.3 is 7.60 Å². The highest BCUT2D eigenvalue weighted by molar-refractivity contribution is 7.89. The largest absolute Gasteiger partial charge is 0.363 e. The van der Waals surface area contributed by atoms with Gasteiger partial charge in [0.05, 0.1) is 23.0 Å². The zero-order valence-corrected chi connectivity index (χ0v) is 18.2. The third-order valence-corrected chi connectivity index (χ3v) is 7.86. The summed E-state index contributed by atoms with van der Waals surface area (Å²) in [5, 5.41) is 18.9. The molecule has 0 amide bonds. The van der Waals surface area contributed by atoms with Crippen LogP contribution in [0.2, 0.25) is 0 Å². The van der Waals surface area contributed by atoms with E-state index in [2.05, 4.69) is 5.32 Å². The molecule has 160 valence electrons.